The van der Waals surface area contributed by atoms with E-state index in [9.17, 15) is 9.59 Å². The van der Waals surface area contributed by atoms with Gasteiger partial charge in [0.05, 0.1) is 16.9 Å². The number of rotatable bonds is 4. The van der Waals surface area contributed by atoms with Crippen LogP contribution in [-0.4, -0.2) is 24.3 Å². The summed E-state index contributed by atoms with van der Waals surface area (Å²) in [7, 11) is 0. The number of halogens is 1. The molecule has 0 unspecified atom stereocenters. The summed E-state index contributed by atoms with van der Waals surface area (Å²) in [5.41, 5.74) is 1.93. The summed E-state index contributed by atoms with van der Waals surface area (Å²) in [4.78, 5) is 25.1. The third kappa shape index (κ3) is 2.42. The van der Waals surface area contributed by atoms with Crippen molar-refractivity contribution in [1.29, 1.82) is 0 Å². The maximum absolute atomic E-state index is 11.6. The maximum atomic E-state index is 11.6. The van der Waals surface area contributed by atoms with Crippen molar-refractivity contribution in [3.05, 3.63) is 34.8 Å². The molecular weight excluding hydrogens is 308 g/mol. The van der Waals surface area contributed by atoms with E-state index in [4.69, 9.17) is 0 Å². The fraction of sp³-hybridized carbons (Fsp3) is 0.286. The number of fused-ring (bicyclic) bond motifs is 1. The van der Waals surface area contributed by atoms with Crippen molar-refractivity contribution in [1.82, 2.24) is 0 Å². The van der Waals surface area contributed by atoms with Crippen LogP contribution in [0.2, 0.25) is 0 Å². The van der Waals surface area contributed by atoms with Crippen molar-refractivity contribution in [2.75, 3.05) is 16.8 Å². The molecule has 0 aromatic heterocycles. The fourth-order valence-electron chi connectivity index (χ4n) is 2.10. The lowest BCUT2D eigenvalue weighted by molar-refractivity contribution is -0.112. The molecule has 2 rings (SSSR count). The van der Waals surface area contributed by atoms with Crippen molar-refractivity contribution < 1.29 is 9.59 Å². The monoisotopic (exact) mass is 322 g/mol. The summed E-state index contributed by atoms with van der Waals surface area (Å²) in [5, 5.41) is 2.59. The van der Waals surface area contributed by atoms with Crippen LogP contribution in [0.5, 0.6) is 0 Å². The van der Waals surface area contributed by atoms with Gasteiger partial charge in [0, 0.05) is 17.1 Å². The van der Waals surface area contributed by atoms with Gasteiger partial charge in [0.1, 0.15) is 0 Å². The quantitative estimate of drug-likeness (QED) is 0.684. The Labute approximate surface area is 120 Å². The molecule has 0 fully saturated rings. The molecule has 1 N–H and O–H groups in total. The number of amides is 1. The Morgan fingerprint density at radius 3 is 2.68 bits per heavy atom. The molecule has 4 nitrogen and oxygen atoms in total. The molecule has 5 heteroatoms. The zero-order valence-corrected chi connectivity index (χ0v) is 12.5. The Morgan fingerprint density at radius 1 is 1.42 bits per heavy atom. The minimum atomic E-state index is -0.570. The lowest BCUT2D eigenvalue weighted by atomic mass is 10.1. The predicted molar refractivity (Wildman–Crippen MR) is 79.8 cm³/mol. The van der Waals surface area contributed by atoms with Gasteiger partial charge >= 0.3 is 0 Å². The summed E-state index contributed by atoms with van der Waals surface area (Å²) in [6.07, 6.45) is 1.82. The van der Waals surface area contributed by atoms with E-state index in [1.807, 2.05) is 12.1 Å². The second-order valence-electron chi connectivity index (χ2n) is 4.67. The first-order valence-electron chi connectivity index (χ1n) is 6.02. The van der Waals surface area contributed by atoms with Crippen molar-refractivity contribution >= 4 is 39.0 Å². The zero-order valence-electron chi connectivity index (χ0n) is 10.9. The molecule has 0 atom stereocenters. The van der Waals surface area contributed by atoms with Gasteiger partial charge in [-0.05, 0) is 41.9 Å². The summed E-state index contributed by atoms with van der Waals surface area (Å²) in [6, 6.07) is 3.80. The molecule has 0 aliphatic carbocycles. The van der Waals surface area contributed by atoms with Gasteiger partial charge in [0.25, 0.3) is 11.7 Å². The Morgan fingerprint density at radius 2 is 2.11 bits per heavy atom. The van der Waals surface area contributed by atoms with Crippen LogP contribution in [0.4, 0.5) is 11.4 Å². The predicted octanol–water partition coefficient (Wildman–Crippen LogP) is 2.98. The maximum Gasteiger partial charge on any atom is 0.296 e. The summed E-state index contributed by atoms with van der Waals surface area (Å²) in [5.74, 6) is -1.05. The van der Waals surface area contributed by atoms with Crippen LogP contribution in [0.15, 0.2) is 29.3 Å². The van der Waals surface area contributed by atoms with E-state index in [0.29, 0.717) is 17.8 Å². The minimum absolute atomic E-state index is 0.278. The molecule has 0 saturated heterocycles. The SMILES string of the molecule is C=CCN(c1cc2c(cc1Br)C(=O)C(=O)N2)C(C)C. The fourth-order valence-corrected chi connectivity index (χ4v) is 2.67. The average Bonchev–Trinajstić information content (AvgIpc) is 2.62. The van der Waals surface area contributed by atoms with Gasteiger partial charge in [-0.25, -0.2) is 0 Å². The number of carbonyl (C=O) groups excluding carboxylic acids is 2. The van der Waals surface area contributed by atoms with Crippen LogP contribution in [0.25, 0.3) is 0 Å². The van der Waals surface area contributed by atoms with Gasteiger partial charge in [-0.3, -0.25) is 9.59 Å². The lowest BCUT2D eigenvalue weighted by Crippen LogP contribution is -2.31. The van der Waals surface area contributed by atoms with E-state index in [1.54, 1.807) is 6.07 Å². The van der Waals surface area contributed by atoms with Crippen LogP contribution in [0.3, 0.4) is 0 Å². The van der Waals surface area contributed by atoms with Crippen molar-refractivity contribution in [3.8, 4) is 0 Å². The highest BCUT2D eigenvalue weighted by Crippen LogP contribution is 2.36. The number of anilines is 2. The Kier molecular flexibility index (Phi) is 3.75. The summed E-state index contributed by atoms with van der Waals surface area (Å²) < 4.78 is 0.798. The Hall–Kier alpha value is -1.62. The molecule has 1 aromatic rings. The Bertz CT molecular complexity index is 567. The molecule has 0 bridgehead atoms. The second-order valence-corrected chi connectivity index (χ2v) is 5.52. The van der Waals surface area contributed by atoms with E-state index in [-0.39, 0.29) is 6.04 Å². The standard InChI is InChI=1S/C14H15BrN2O2/c1-4-5-17(8(2)3)12-7-11-9(6-10(12)15)13(18)14(19)16-11/h4,6-8H,1,5H2,2-3H3,(H,16,18,19). The Balaban J connectivity index is 2.49. The van der Waals surface area contributed by atoms with Gasteiger partial charge in [-0.1, -0.05) is 6.08 Å². The first-order valence-corrected chi connectivity index (χ1v) is 6.81. The number of hydrogen-bond donors (Lipinski definition) is 1. The van der Waals surface area contributed by atoms with Crippen LogP contribution >= 0.6 is 15.9 Å². The average molecular weight is 323 g/mol. The third-order valence-corrected chi connectivity index (χ3v) is 3.68. The smallest absolute Gasteiger partial charge is 0.296 e. The topological polar surface area (TPSA) is 49.4 Å². The number of nitrogens with one attached hydrogen (secondary N) is 1. The van der Waals surface area contributed by atoms with Gasteiger partial charge in [-0.15, -0.1) is 6.58 Å². The number of ketones is 1. The minimum Gasteiger partial charge on any atom is -0.364 e. The normalized spacial score (nSPS) is 13.5. The summed E-state index contributed by atoms with van der Waals surface area (Å²) >= 11 is 3.47. The molecule has 0 radical (unpaired) electrons. The molecule has 1 amide bonds. The number of nitrogens with zero attached hydrogens (tertiary/aromatic N) is 1. The van der Waals surface area contributed by atoms with E-state index < -0.39 is 11.7 Å². The third-order valence-electron chi connectivity index (χ3n) is 3.04. The molecule has 100 valence electrons. The lowest BCUT2D eigenvalue weighted by Gasteiger charge is -2.29. The first-order chi connectivity index (χ1) is 8.95. The molecule has 0 saturated carbocycles. The second kappa shape index (κ2) is 5.17. The van der Waals surface area contributed by atoms with E-state index in [0.717, 1.165) is 10.2 Å². The van der Waals surface area contributed by atoms with Crippen molar-refractivity contribution in [2.45, 2.75) is 19.9 Å². The highest BCUT2D eigenvalue weighted by atomic mass is 79.9. The van der Waals surface area contributed by atoms with E-state index in [2.05, 4.69) is 46.6 Å². The van der Waals surface area contributed by atoms with Crippen LogP contribution < -0.4 is 10.2 Å². The van der Waals surface area contributed by atoms with Crippen molar-refractivity contribution in [2.24, 2.45) is 0 Å². The highest BCUT2D eigenvalue weighted by molar-refractivity contribution is 9.10. The molecular formula is C14H15BrN2O2. The molecule has 19 heavy (non-hydrogen) atoms. The van der Waals surface area contributed by atoms with E-state index >= 15 is 0 Å². The molecule has 1 heterocycles. The van der Waals surface area contributed by atoms with Crippen LogP contribution in [0, 0.1) is 0 Å². The van der Waals surface area contributed by atoms with Crippen molar-refractivity contribution in [3.63, 3.8) is 0 Å². The number of Topliss-reactive ketones (excluding diaryl/α,β-unsaturated/α-hetero) is 1. The number of benzene rings is 1. The van der Waals surface area contributed by atoms with Crippen LogP contribution in [-0.2, 0) is 4.79 Å². The van der Waals surface area contributed by atoms with Gasteiger partial charge < -0.3 is 10.2 Å². The van der Waals surface area contributed by atoms with Gasteiger partial charge in [0.2, 0.25) is 0 Å². The van der Waals surface area contributed by atoms with Gasteiger partial charge in [0.15, 0.2) is 0 Å². The zero-order chi connectivity index (χ0) is 14.2. The molecule has 1 aromatic carbocycles. The number of hydrogen-bond acceptors (Lipinski definition) is 3. The highest BCUT2D eigenvalue weighted by Gasteiger charge is 2.29. The molecule has 1 aliphatic rings. The number of carbonyl (C=O) groups is 2. The molecule has 1 aliphatic heterocycles. The van der Waals surface area contributed by atoms with E-state index in [1.165, 1.54) is 0 Å². The largest absolute Gasteiger partial charge is 0.364 e. The van der Waals surface area contributed by atoms with Crippen LogP contribution in [0.1, 0.15) is 24.2 Å². The summed E-state index contributed by atoms with van der Waals surface area (Å²) in [6.45, 7) is 8.60. The molecule has 0 spiro atoms. The van der Waals surface area contributed by atoms with Gasteiger partial charge in [-0.2, -0.15) is 0 Å². The first kappa shape index (κ1) is 13.8.